The van der Waals surface area contributed by atoms with Gasteiger partial charge in [0.15, 0.2) is 0 Å². The molecule has 0 aliphatic heterocycles. The molecule has 1 saturated carbocycles. The van der Waals surface area contributed by atoms with E-state index in [0.717, 1.165) is 28.7 Å². The van der Waals surface area contributed by atoms with Gasteiger partial charge < -0.3 is 20.3 Å². The van der Waals surface area contributed by atoms with Gasteiger partial charge in [0.05, 0.1) is 0 Å². The fraction of sp³-hybridized carbons (Fsp3) is 0.531. The zero-order chi connectivity index (χ0) is 29.1. The van der Waals surface area contributed by atoms with Gasteiger partial charge in [0, 0.05) is 11.7 Å². The van der Waals surface area contributed by atoms with Gasteiger partial charge in [0.2, 0.25) is 5.91 Å². The van der Waals surface area contributed by atoms with Crippen molar-refractivity contribution in [1.82, 2.24) is 10.2 Å². The number of carbonyl (C=O) groups is 3. The summed E-state index contributed by atoms with van der Waals surface area (Å²) >= 11 is 0. The summed E-state index contributed by atoms with van der Waals surface area (Å²) in [6.07, 6.45) is 0.582. The Balaban J connectivity index is 2.08. The largest absolute Gasteiger partial charge is 0.444 e. The number of aryl methyl sites for hydroxylation is 3. The topological polar surface area (TPSA) is 87.7 Å². The number of ether oxygens (including phenoxy) is 1. The van der Waals surface area contributed by atoms with Crippen LogP contribution >= 0.6 is 0 Å². The molecule has 1 aliphatic carbocycles. The maximum absolute atomic E-state index is 14.4. The Morgan fingerprint density at radius 1 is 1.03 bits per heavy atom. The number of hydrogen-bond donors (Lipinski definition) is 2. The number of nitrogens with zero attached hydrogens (tertiary/aromatic N) is 1. The summed E-state index contributed by atoms with van der Waals surface area (Å²) in [5, 5.41) is 5.92. The van der Waals surface area contributed by atoms with Crippen molar-refractivity contribution in [3.05, 3.63) is 64.7 Å². The van der Waals surface area contributed by atoms with Crippen LogP contribution < -0.4 is 10.6 Å². The minimum Gasteiger partial charge on any atom is -0.444 e. The van der Waals surface area contributed by atoms with Crippen molar-refractivity contribution in [2.45, 2.75) is 98.9 Å². The van der Waals surface area contributed by atoms with Crippen molar-refractivity contribution in [2.24, 2.45) is 11.8 Å². The predicted molar refractivity (Wildman–Crippen MR) is 155 cm³/mol. The average Bonchev–Trinajstić information content (AvgIpc) is 3.54. The second-order valence-electron chi connectivity index (χ2n) is 12.4. The van der Waals surface area contributed by atoms with Gasteiger partial charge in [-0.15, -0.1) is 0 Å². The van der Waals surface area contributed by atoms with Crippen molar-refractivity contribution in [2.75, 3.05) is 5.32 Å². The van der Waals surface area contributed by atoms with E-state index in [1.807, 2.05) is 77.1 Å². The smallest absolute Gasteiger partial charge is 0.408 e. The average molecular weight is 536 g/mol. The lowest BCUT2D eigenvalue weighted by molar-refractivity contribution is -0.142. The van der Waals surface area contributed by atoms with Gasteiger partial charge in [-0.05, 0) is 89.0 Å². The highest BCUT2D eigenvalue weighted by Crippen LogP contribution is 2.42. The van der Waals surface area contributed by atoms with E-state index in [2.05, 4.69) is 17.6 Å². The molecule has 0 bridgehead atoms. The molecular formula is C32H45N3O4. The summed E-state index contributed by atoms with van der Waals surface area (Å²) in [5.41, 5.74) is 3.67. The van der Waals surface area contributed by atoms with Crippen LogP contribution in [0, 0.1) is 32.6 Å². The first-order valence-electron chi connectivity index (χ1n) is 13.9. The van der Waals surface area contributed by atoms with Crippen molar-refractivity contribution in [3.63, 3.8) is 0 Å². The van der Waals surface area contributed by atoms with Gasteiger partial charge in [0.25, 0.3) is 5.91 Å². The second-order valence-corrected chi connectivity index (χ2v) is 12.4. The minimum atomic E-state index is -0.859. The van der Waals surface area contributed by atoms with Gasteiger partial charge in [-0.3, -0.25) is 9.59 Å². The number of benzene rings is 2. The third-order valence-electron chi connectivity index (χ3n) is 7.03. The number of hydrogen-bond acceptors (Lipinski definition) is 4. The van der Waals surface area contributed by atoms with Crippen LogP contribution in [0.15, 0.2) is 42.5 Å². The maximum Gasteiger partial charge on any atom is 0.408 e. The summed E-state index contributed by atoms with van der Waals surface area (Å²) in [6, 6.07) is 11.8. The van der Waals surface area contributed by atoms with E-state index in [9.17, 15) is 14.4 Å². The molecular weight excluding hydrogens is 490 g/mol. The number of amides is 3. The van der Waals surface area contributed by atoms with Crippen LogP contribution in [0.1, 0.15) is 82.7 Å². The summed E-state index contributed by atoms with van der Waals surface area (Å²) < 4.78 is 5.50. The molecule has 7 heteroatoms. The third-order valence-corrected chi connectivity index (χ3v) is 7.03. The standard InChI is InChI=1S/C32H45N3O4/c1-19(2)16-26(34-31(38)39-32(7,8)9)30(37)35(27-18-23(27)6)28(24-17-20(3)14-15-21(24)4)29(36)33-25-13-11-10-12-22(25)5/h10-15,17,19,23,26-28H,16,18H2,1-9H3,(H,33,36)(H,34,38). The van der Waals surface area contributed by atoms with Crippen LogP contribution in [0.25, 0.3) is 0 Å². The van der Waals surface area contributed by atoms with Crippen LogP contribution in [0.3, 0.4) is 0 Å². The van der Waals surface area contributed by atoms with Crippen LogP contribution in [-0.2, 0) is 14.3 Å². The van der Waals surface area contributed by atoms with E-state index in [4.69, 9.17) is 4.74 Å². The summed E-state index contributed by atoms with van der Waals surface area (Å²) in [6.45, 7) is 17.4. The summed E-state index contributed by atoms with van der Waals surface area (Å²) in [5.74, 6) is -0.165. The SMILES string of the molecule is Cc1ccc(C)c(C(C(=O)Nc2ccccc2C)N(C(=O)C(CC(C)C)NC(=O)OC(C)(C)C)C2CC2C)c1. The first kappa shape index (κ1) is 30.2. The van der Waals surface area contributed by atoms with E-state index < -0.39 is 23.8 Å². The Kier molecular flexibility index (Phi) is 9.47. The molecule has 0 aromatic heterocycles. The van der Waals surface area contributed by atoms with Crippen molar-refractivity contribution < 1.29 is 19.1 Å². The van der Waals surface area contributed by atoms with E-state index in [0.29, 0.717) is 12.1 Å². The highest BCUT2D eigenvalue weighted by Gasteiger charge is 2.48. The molecule has 4 unspecified atom stereocenters. The van der Waals surface area contributed by atoms with Crippen LogP contribution in [-0.4, -0.2) is 40.5 Å². The molecule has 0 saturated heterocycles. The first-order chi connectivity index (χ1) is 18.2. The van der Waals surface area contributed by atoms with Crippen molar-refractivity contribution >= 4 is 23.6 Å². The Bertz CT molecular complexity index is 1200. The van der Waals surface area contributed by atoms with E-state index in [1.54, 1.807) is 25.7 Å². The molecule has 0 radical (unpaired) electrons. The van der Waals surface area contributed by atoms with Gasteiger partial charge in [0.1, 0.15) is 17.7 Å². The number of carbonyl (C=O) groups excluding carboxylic acids is 3. The minimum absolute atomic E-state index is 0.111. The monoisotopic (exact) mass is 535 g/mol. The Morgan fingerprint density at radius 3 is 2.23 bits per heavy atom. The molecule has 7 nitrogen and oxygen atoms in total. The Labute approximate surface area is 233 Å². The van der Waals surface area contributed by atoms with Crippen LogP contribution in [0.5, 0.6) is 0 Å². The van der Waals surface area contributed by atoms with Gasteiger partial charge in [-0.2, -0.15) is 0 Å². The van der Waals surface area contributed by atoms with E-state index in [-0.39, 0.29) is 29.7 Å². The maximum atomic E-state index is 14.4. The highest BCUT2D eigenvalue weighted by molar-refractivity contribution is 5.99. The summed E-state index contributed by atoms with van der Waals surface area (Å²) in [7, 11) is 0. The second kappa shape index (κ2) is 12.2. The quantitative estimate of drug-likeness (QED) is 0.385. The number of nitrogens with one attached hydrogen (secondary N) is 2. The normalized spacial score (nSPS) is 18.2. The molecule has 39 heavy (non-hydrogen) atoms. The number of rotatable bonds is 9. The van der Waals surface area contributed by atoms with Crippen molar-refractivity contribution in [3.8, 4) is 0 Å². The molecule has 1 aliphatic rings. The third kappa shape index (κ3) is 8.07. The fourth-order valence-corrected chi connectivity index (χ4v) is 4.88. The lowest BCUT2D eigenvalue weighted by Gasteiger charge is -2.36. The number of para-hydroxylation sites is 1. The predicted octanol–water partition coefficient (Wildman–Crippen LogP) is 6.47. The van der Waals surface area contributed by atoms with Crippen LogP contribution in [0.4, 0.5) is 10.5 Å². The summed E-state index contributed by atoms with van der Waals surface area (Å²) in [4.78, 5) is 43.1. The zero-order valence-electron chi connectivity index (χ0n) is 24.9. The Morgan fingerprint density at radius 2 is 1.67 bits per heavy atom. The molecule has 2 N–H and O–H groups in total. The van der Waals surface area contributed by atoms with Gasteiger partial charge in [-0.1, -0.05) is 62.7 Å². The lowest BCUT2D eigenvalue weighted by Crippen LogP contribution is -2.54. The molecule has 0 spiro atoms. The Hall–Kier alpha value is -3.35. The molecule has 2 aromatic rings. The molecule has 4 atom stereocenters. The fourth-order valence-electron chi connectivity index (χ4n) is 4.88. The molecule has 0 heterocycles. The lowest BCUT2D eigenvalue weighted by atomic mass is 9.94. The first-order valence-corrected chi connectivity index (χ1v) is 13.9. The molecule has 3 rings (SSSR count). The van der Waals surface area contributed by atoms with E-state index in [1.165, 1.54) is 0 Å². The van der Waals surface area contributed by atoms with E-state index >= 15 is 0 Å². The van der Waals surface area contributed by atoms with Crippen molar-refractivity contribution in [1.29, 1.82) is 0 Å². The molecule has 2 aromatic carbocycles. The molecule has 212 valence electrons. The van der Waals surface area contributed by atoms with Crippen LogP contribution in [0.2, 0.25) is 0 Å². The molecule has 3 amide bonds. The number of alkyl carbamates (subject to hydrolysis) is 1. The van der Waals surface area contributed by atoms with Gasteiger partial charge >= 0.3 is 6.09 Å². The number of anilines is 1. The van der Waals surface area contributed by atoms with Gasteiger partial charge in [-0.25, -0.2) is 4.79 Å². The highest BCUT2D eigenvalue weighted by atomic mass is 16.6. The molecule has 1 fully saturated rings. The zero-order valence-corrected chi connectivity index (χ0v) is 24.9.